The second-order valence-corrected chi connectivity index (χ2v) is 4.10. The molecule has 1 aromatic carbocycles. The Morgan fingerprint density at radius 2 is 1.94 bits per heavy atom. The Morgan fingerprint density at radius 1 is 1.19 bits per heavy atom. The van der Waals surface area contributed by atoms with Crippen LogP contribution in [0.25, 0.3) is 5.57 Å². The number of hydrogen-bond donors (Lipinski definition) is 2. The van der Waals surface area contributed by atoms with Crippen molar-refractivity contribution >= 4 is 18.2 Å². The van der Waals surface area contributed by atoms with Crippen molar-refractivity contribution in [2.45, 2.75) is 19.8 Å². The van der Waals surface area contributed by atoms with E-state index in [1.165, 1.54) is 5.57 Å². The van der Waals surface area contributed by atoms with Crippen molar-refractivity contribution in [1.29, 1.82) is 0 Å². The Morgan fingerprint density at radius 3 is 2.62 bits per heavy atom. The molecule has 0 radical (unpaired) electrons. The van der Waals surface area contributed by atoms with E-state index in [0.29, 0.717) is 5.46 Å². The zero-order chi connectivity index (χ0) is 11.5. The third-order valence-electron chi connectivity index (χ3n) is 2.96. The minimum atomic E-state index is -1.41. The van der Waals surface area contributed by atoms with Gasteiger partial charge in [0.1, 0.15) is 0 Å². The molecule has 1 aliphatic rings. The lowest BCUT2D eigenvalue weighted by atomic mass is 9.74. The van der Waals surface area contributed by atoms with Gasteiger partial charge in [-0.1, -0.05) is 42.0 Å². The minimum absolute atomic E-state index is 0.573. The number of allylic oxidation sites excluding steroid dienone is 4. The average Bonchev–Trinajstić information content (AvgIpc) is 2.29. The van der Waals surface area contributed by atoms with Gasteiger partial charge in [0.2, 0.25) is 0 Å². The van der Waals surface area contributed by atoms with Crippen LogP contribution in [0.3, 0.4) is 0 Å². The van der Waals surface area contributed by atoms with Gasteiger partial charge < -0.3 is 10.0 Å². The lowest BCUT2D eigenvalue weighted by molar-refractivity contribution is 0.425. The summed E-state index contributed by atoms with van der Waals surface area (Å²) in [5.41, 5.74) is 3.92. The Labute approximate surface area is 96.1 Å². The highest BCUT2D eigenvalue weighted by Gasteiger charge is 2.18. The Kier molecular flexibility index (Phi) is 3.27. The first-order valence-corrected chi connectivity index (χ1v) is 5.52. The molecule has 82 valence electrons. The molecule has 0 unspecified atom stereocenters. The molecule has 0 saturated carbocycles. The summed E-state index contributed by atoms with van der Waals surface area (Å²) in [5.74, 6) is 0. The van der Waals surface area contributed by atoms with E-state index in [1.54, 1.807) is 6.07 Å². The summed E-state index contributed by atoms with van der Waals surface area (Å²) < 4.78 is 0. The molecular formula is C13H15BO2. The predicted octanol–water partition coefficient (Wildman–Crippen LogP) is 1.49. The van der Waals surface area contributed by atoms with Crippen LogP contribution < -0.4 is 5.46 Å². The third-order valence-corrected chi connectivity index (χ3v) is 2.96. The van der Waals surface area contributed by atoms with Crippen molar-refractivity contribution in [3.05, 3.63) is 47.6 Å². The van der Waals surface area contributed by atoms with Gasteiger partial charge in [-0.25, -0.2) is 0 Å². The van der Waals surface area contributed by atoms with Gasteiger partial charge >= 0.3 is 7.12 Å². The van der Waals surface area contributed by atoms with Crippen LogP contribution in [0.15, 0.2) is 42.0 Å². The van der Waals surface area contributed by atoms with Gasteiger partial charge in [0.15, 0.2) is 0 Å². The Bertz CT molecular complexity index is 447. The van der Waals surface area contributed by atoms with Gasteiger partial charge in [-0.05, 0) is 36.4 Å². The minimum Gasteiger partial charge on any atom is -0.423 e. The highest BCUT2D eigenvalue weighted by Crippen LogP contribution is 2.26. The maximum atomic E-state index is 9.33. The SMILES string of the molecule is CC1=C(c2ccccc2B(O)O)C=CCC1. The smallest absolute Gasteiger partial charge is 0.423 e. The van der Waals surface area contributed by atoms with E-state index in [0.717, 1.165) is 24.0 Å². The van der Waals surface area contributed by atoms with E-state index in [1.807, 2.05) is 18.2 Å². The summed E-state index contributed by atoms with van der Waals surface area (Å²) in [6.45, 7) is 2.10. The fourth-order valence-electron chi connectivity index (χ4n) is 2.07. The predicted molar refractivity (Wildman–Crippen MR) is 67.2 cm³/mol. The zero-order valence-electron chi connectivity index (χ0n) is 9.35. The van der Waals surface area contributed by atoms with Gasteiger partial charge in [0.25, 0.3) is 0 Å². The first-order valence-electron chi connectivity index (χ1n) is 5.52. The van der Waals surface area contributed by atoms with Crippen LogP contribution >= 0.6 is 0 Å². The molecule has 0 saturated heterocycles. The van der Waals surface area contributed by atoms with E-state index in [9.17, 15) is 10.0 Å². The van der Waals surface area contributed by atoms with Crippen LogP contribution in [-0.4, -0.2) is 17.2 Å². The second kappa shape index (κ2) is 4.68. The molecular weight excluding hydrogens is 199 g/mol. The standard InChI is InChI=1S/C13H15BO2/c1-10-6-2-3-7-11(10)12-8-4-5-9-13(12)14(15)16/h3-5,7-9,15-16H,2,6H2,1H3. The molecule has 0 heterocycles. The Balaban J connectivity index is 2.51. The van der Waals surface area contributed by atoms with Crippen LogP contribution in [0, 0.1) is 0 Å². The van der Waals surface area contributed by atoms with Crippen molar-refractivity contribution < 1.29 is 10.0 Å². The maximum absolute atomic E-state index is 9.33. The first kappa shape index (κ1) is 11.2. The number of benzene rings is 1. The largest absolute Gasteiger partial charge is 0.489 e. The molecule has 0 fully saturated rings. The van der Waals surface area contributed by atoms with Gasteiger partial charge in [-0.3, -0.25) is 0 Å². The molecule has 1 aliphatic carbocycles. The zero-order valence-corrected chi connectivity index (χ0v) is 9.35. The van der Waals surface area contributed by atoms with Crippen LogP contribution in [0.5, 0.6) is 0 Å². The van der Waals surface area contributed by atoms with E-state index < -0.39 is 7.12 Å². The summed E-state index contributed by atoms with van der Waals surface area (Å²) in [7, 11) is -1.41. The molecule has 2 N–H and O–H groups in total. The van der Waals surface area contributed by atoms with E-state index in [2.05, 4.69) is 19.1 Å². The summed E-state index contributed by atoms with van der Waals surface area (Å²) in [6.07, 6.45) is 6.31. The molecule has 0 atom stereocenters. The van der Waals surface area contributed by atoms with E-state index in [-0.39, 0.29) is 0 Å². The van der Waals surface area contributed by atoms with Crippen LogP contribution in [0.4, 0.5) is 0 Å². The normalized spacial score (nSPS) is 15.4. The summed E-state index contributed by atoms with van der Waals surface area (Å²) in [5, 5.41) is 18.7. The average molecular weight is 214 g/mol. The lowest BCUT2D eigenvalue weighted by Gasteiger charge is -2.16. The van der Waals surface area contributed by atoms with Crippen LogP contribution in [-0.2, 0) is 0 Å². The molecule has 0 bridgehead atoms. The van der Waals surface area contributed by atoms with Gasteiger partial charge in [0, 0.05) is 0 Å². The Hall–Kier alpha value is -1.32. The third kappa shape index (κ3) is 2.10. The number of rotatable bonds is 2. The maximum Gasteiger partial charge on any atom is 0.489 e. The van der Waals surface area contributed by atoms with Gasteiger partial charge in [-0.15, -0.1) is 0 Å². The molecule has 16 heavy (non-hydrogen) atoms. The van der Waals surface area contributed by atoms with Crippen LogP contribution in [0.1, 0.15) is 25.3 Å². The lowest BCUT2D eigenvalue weighted by Crippen LogP contribution is -2.32. The first-order chi connectivity index (χ1) is 7.70. The highest BCUT2D eigenvalue weighted by atomic mass is 16.4. The monoisotopic (exact) mass is 214 g/mol. The van der Waals surface area contributed by atoms with E-state index in [4.69, 9.17) is 0 Å². The number of hydrogen-bond acceptors (Lipinski definition) is 2. The topological polar surface area (TPSA) is 40.5 Å². The molecule has 0 aliphatic heterocycles. The van der Waals surface area contributed by atoms with Crippen molar-refractivity contribution in [3.8, 4) is 0 Å². The highest BCUT2D eigenvalue weighted by molar-refractivity contribution is 6.59. The van der Waals surface area contributed by atoms with Crippen molar-refractivity contribution in [2.75, 3.05) is 0 Å². The molecule has 1 aromatic rings. The summed E-state index contributed by atoms with van der Waals surface area (Å²) >= 11 is 0. The molecule has 0 spiro atoms. The molecule has 0 amide bonds. The van der Waals surface area contributed by atoms with E-state index >= 15 is 0 Å². The summed E-state index contributed by atoms with van der Waals surface area (Å²) in [6, 6.07) is 7.43. The fraction of sp³-hybridized carbons (Fsp3) is 0.231. The fourth-order valence-corrected chi connectivity index (χ4v) is 2.07. The molecule has 2 nitrogen and oxygen atoms in total. The van der Waals surface area contributed by atoms with Gasteiger partial charge in [-0.2, -0.15) is 0 Å². The molecule has 2 rings (SSSR count). The molecule has 0 aromatic heterocycles. The van der Waals surface area contributed by atoms with Crippen molar-refractivity contribution in [3.63, 3.8) is 0 Å². The second-order valence-electron chi connectivity index (χ2n) is 4.10. The van der Waals surface area contributed by atoms with Crippen LogP contribution in [0.2, 0.25) is 0 Å². The van der Waals surface area contributed by atoms with Crippen molar-refractivity contribution in [2.24, 2.45) is 0 Å². The quantitative estimate of drug-likeness (QED) is 0.732. The van der Waals surface area contributed by atoms with Crippen molar-refractivity contribution in [1.82, 2.24) is 0 Å². The van der Waals surface area contributed by atoms with Gasteiger partial charge in [0.05, 0.1) is 0 Å². The molecule has 3 heteroatoms. The summed E-state index contributed by atoms with van der Waals surface area (Å²) in [4.78, 5) is 0.